The number of nitrogens with zero attached hydrogens (tertiary/aromatic N) is 3. The summed E-state index contributed by atoms with van der Waals surface area (Å²) in [6.45, 7) is 3.59. The summed E-state index contributed by atoms with van der Waals surface area (Å²) >= 11 is 0. The lowest BCUT2D eigenvalue weighted by Gasteiger charge is -1.94. The summed E-state index contributed by atoms with van der Waals surface area (Å²) in [7, 11) is 1.36. The highest BCUT2D eigenvalue weighted by Crippen LogP contribution is 1.92. The lowest BCUT2D eigenvalue weighted by Crippen LogP contribution is -1.99. The van der Waals surface area contributed by atoms with Crippen LogP contribution in [0.1, 0.15) is 12.8 Å². The molecule has 0 aliphatic heterocycles. The molecule has 0 amide bonds. The molecule has 11 heavy (non-hydrogen) atoms. The van der Waals surface area contributed by atoms with E-state index in [1.54, 1.807) is 0 Å². The van der Waals surface area contributed by atoms with E-state index in [1.165, 1.54) is 7.11 Å². The molecule has 0 aromatic rings. The summed E-state index contributed by atoms with van der Waals surface area (Å²) < 4.78 is 4.41. The number of carbonyl (C=O) groups is 1. The molecule has 0 aliphatic rings. The van der Waals surface area contributed by atoms with Crippen LogP contribution in [0.4, 0.5) is 0 Å². The molecule has 0 heterocycles. The van der Waals surface area contributed by atoms with E-state index in [9.17, 15) is 4.79 Å². The maximum atomic E-state index is 10.5. The molecule has 0 aromatic carbocycles. The standard InChI is InChI=1S/C6H11N3O2/c1-7-9-8-5-3-4-6(10)11-2/h1,3-5H2,2H3. The molecule has 62 valence electrons. The van der Waals surface area contributed by atoms with Gasteiger partial charge in [0.1, 0.15) is 0 Å². The first-order valence-corrected chi connectivity index (χ1v) is 3.20. The SMILES string of the molecule is C=NN=NCCCC(=O)OC. The van der Waals surface area contributed by atoms with Crippen LogP contribution in [-0.4, -0.2) is 26.3 Å². The van der Waals surface area contributed by atoms with Gasteiger partial charge in [-0.25, -0.2) is 0 Å². The van der Waals surface area contributed by atoms with Crippen LogP contribution in [0.3, 0.4) is 0 Å². The number of methoxy groups -OCH3 is 1. The molecule has 0 rings (SSSR count). The molecule has 0 atom stereocenters. The van der Waals surface area contributed by atoms with Crippen LogP contribution in [0.5, 0.6) is 0 Å². The Morgan fingerprint density at radius 2 is 2.36 bits per heavy atom. The largest absolute Gasteiger partial charge is 0.469 e. The normalized spacial score (nSPS) is 9.91. The number of ether oxygens (including phenoxy) is 1. The second-order valence-corrected chi connectivity index (χ2v) is 1.78. The van der Waals surface area contributed by atoms with Gasteiger partial charge in [-0.05, 0) is 6.42 Å². The Morgan fingerprint density at radius 1 is 1.64 bits per heavy atom. The predicted octanol–water partition coefficient (Wildman–Crippen LogP) is 1.01. The monoisotopic (exact) mass is 157 g/mol. The second-order valence-electron chi connectivity index (χ2n) is 1.78. The fraction of sp³-hybridized carbons (Fsp3) is 0.667. The van der Waals surface area contributed by atoms with E-state index < -0.39 is 0 Å². The van der Waals surface area contributed by atoms with Crippen molar-refractivity contribution in [3.8, 4) is 0 Å². The van der Waals surface area contributed by atoms with Crippen molar-refractivity contribution < 1.29 is 9.53 Å². The third kappa shape index (κ3) is 6.63. The summed E-state index contributed by atoms with van der Waals surface area (Å²) in [6, 6.07) is 0. The fourth-order valence-electron chi connectivity index (χ4n) is 0.486. The number of carbonyl (C=O) groups excluding carboxylic acids is 1. The first-order valence-electron chi connectivity index (χ1n) is 3.20. The maximum absolute atomic E-state index is 10.5. The fourth-order valence-corrected chi connectivity index (χ4v) is 0.486. The Labute approximate surface area is 65.2 Å². The molecule has 0 bridgehead atoms. The smallest absolute Gasteiger partial charge is 0.305 e. The molecule has 0 radical (unpaired) electrons. The van der Waals surface area contributed by atoms with Gasteiger partial charge in [0.2, 0.25) is 0 Å². The highest BCUT2D eigenvalue weighted by molar-refractivity contribution is 5.68. The topological polar surface area (TPSA) is 63.4 Å². The molecule has 0 aliphatic carbocycles. The molecule has 5 heteroatoms. The summed E-state index contributed by atoms with van der Waals surface area (Å²) in [4.78, 5) is 10.5. The Hall–Kier alpha value is -1.26. The van der Waals surface area contributed by atoms with Crippen LogP contribution >= 0.6 is 0 Å². The average molecular weight is 157 g/mol. The molecule has 0 spiro atoms. The Balaban J connectivity index is 3.20. The van der Waals surface area contributed by atoms with Gasteiger partial charge in [0.15, 0.2) is 0 Å². The van der Waals surface area contributed by atoms with Crippen LogP contribution in [0.2, 0.25) is 0 Å². The third-order valence-corrected chi connectivity index (χ3v) is 0.993. The average Bonchev–Trinajstić information content (AvgIpc) is 2.04. The van der Waals surface area contributed by atoms with Gasteiger partial charge in [-0.2, -0.15) is 5.11 Å². The van der Waals surface area contributed by atoms with E-state index in [2.05, 4.69) is 26.9 Å². The van der Waals surface area contributed by atoms with E-state index in [0.717, 1.165) is 0 Å². The Morgan fingerprint density at radius 3 is 2.91 bits per heavy atom. The van der Waals surface area contributed by atoms with Crippen LogP contribution in [-0.2, 0) is 9.53 Å². The van der Waals surface area contributed by atoms with Crippen molar-refractivity contribution in [2.75, 3.05) is 13.7 Å². The zero-order valence-corrected chi connectivity index (χ0v) is 6.49. The van der Waals surface area contributed by atoms with E-state index in [4.69, 9.17) is 0 Å². The zero-order valence-electron chi connectivity index (χ0n) is 6.49. The number of esters is 1. The van der Waals surface area contributed by atoms with Gasteiger partial charge in [0, 0.05) is 13.1 Å². The molecule has 0 saturated heterocycles. The molecule has 0 aromatic heterocycles. The van der Waals surface area contributed by atoms with Gasteiger partial charge in [0.05, 0.1) is 13.7 Å². The van der Waals surface area contributed by atoms with Crippen LogP contribution < -0.4 is 0 Å². The molecule has 0 saturated carbocycles. The van der Waals surface area contributed by atoms with Crippen LogP contribution in [0.15, 0.2) is 15.4 Å². The minimum absolute atomic E-state index is 0.230. The van der Waals surface area contributed by atoms with Gasteiger partial charge in [-0.3, -0.25) is 4.79 Å². The molecule has 0 N–H and O–H groups in total. The molecular weight excluding hydrogens is 146 g/mol. The van der Waals surface area contributed by atoms with Crippen LogP contribution in [0.25, 0.3) is 0 Å². The van der Waals surface area contributed by atoms with Crippen molar-refractivity contribution in [3.05, 3.63) is 0 Å². The molecular formula is C6H11N3O2. The van der Waals surface area contributed by atoms with Gasteiger partial charge < -0.3 is 4.74 Å². The third-order valence-electron chi connectivity index (χ3n) is 0.993. The van der Waals surface area contributed by atoms with Crippen molar-refractivity contribution in [3.63, 3.8) is 0 Å². The van der Waals surface area contributed by atoms with Crippen LogP contribution in [0, 0.1) is 0 Å². The predicted molar refractivity (Wildman–Crippen MR) is 40.5 cm³/mol. The lowest BCUT2D eigenvalue weighted by molar-refractivity contribution is -0.140. The first-order chi connectivity index (χ1) is 5.31. The van der Waals surface area contributed by atoms with E-state index >= 15 is 0 Å². The van der Waals surface area contributed by atoms with Crippen molar-refractivity contribution in [2.45, 2.75) is 12.8 Å². The van der Waals surface area contributed by atoms with Gasteiger partial charge in [0.25, 0.3) is 0 Å². The lowest BCUT2D eigenvalue weighted by atomic mass is 10.3. The number of hydrogen-bond donors (Lipinski definition) is 0. The zero-order chi connectivity index (χ0) is 8.53. The Bertz CT molecular complexity index is 156. The summed E-state index contributed by atoms with van der Waals surface area (Å²) in [6.07, 6.45) is 0.998. The van der Waals surface area contributed by atoms with Crippen molar-refractivity contribution in [1.29, 1.82) is 0 Å². The van der Waals surface area contributed by atoms with Crippen molar-refractivity contribution >= 4 is 12.7 Å². The molecule has 0 unspecified atom stereocenters. The minimum Gasteiger partial charge on any atom is -0.469 e. The minimum atomic E-state index is -0.230. The highest BCUT2D eigenvalue weighted by Gasteiger charge is 1.97. The number of rotatable bonds is 5. The van der Waals surface area contributed by atoms with Crippen molar-refractivity contribution in [1.82, 2.24) is 0 Å². The van der Waals surface area contributed by atoms with Gasteiger partial charge in [-0.1, -0.05) is 5.22 Å². The maximum Gasteiger partial charge on any atom is 0.305 e. The Kier molecular flexibility index (Phi) is 6.07. The van der Waals surface area contributed by atoms with E-state index in [0.29, 0.717) is 19.4 Å². The van der Waals surface area contributed by atoms with Gasteiger partial charge >= 0.3 is 5.97 Å². The molecule has 5 nitrogen and oxygen atoms in total. The summed E-state index contributed by atoms with van der Waals surface area (Å²) in [5, 5.41) is 10.0. The van der Waals surface area contributed by atoms with Crippen molar-refractivity contribution in [2.24, 2.45) is 15.4 Å². The van der Waals surface area contributed by atoms with E-state index in [-0.39, 0.29) is 5.97 Å². The quantitative estimate of drug-likeness (QED) is 0.196. The first kappa shape index (κ1) is 9.74. The summed E-state index contributed by atoms with van der Waals surface area (Å²) in [5.41, 5.74) is 0. The number of hydrogen-bond acceptors (Lipinski definition) is 4. The summed E-state index contributed by atoms with van der Waals surface area (Å²) in [5.74, 6) is -0.230. The highest BCUT2D eigenvalue weighted by atomic mass is 16.5. The van der Waals surface area contributed by atoms with Gasteiger partial charge in [-0.15, -0.1) is 5.10 Å². The molecule has 0 fully saturated rings. The van der Waals surface area contributed by atoms with E-state index in [1.807, 2.05) is 0 Å². The second kappa shape index (κ2) is 6.85.